The fourth-order valence-corrected chi connectivity index (χ4v) is 7.34. The molecule has 0 aliphatic carbocycles. The maximum atomic E-state index is 14.1. The summed E-state index contributed by atoms with van der Waals surface area (Å²) in [5.74, 6) is 0.421. The van der Waals surface area contributed by atoms with Crippen LogP contribution in [0.4, 0.5) is 0 Å². The fourth-order valence-electron chi connectivity index (χ4n) is 5.39. The van der Waals surface area contributed by atoms with Crippen molar-refractivity contribution in [1.82, 2.24) is 4.72 Å². The van der Waals surface area contributed by atoms with Crippen molar-refractivity contribution in [2.45, 2.75) is 104 Å². The Hall–Kier alpha value is -2.63. The van der Waals surface area contributed by atoms with Gasteiger partial charge < -0.3 is 5.73 Å². The maximum Gasteiger partial charge on any atom is 0.241 e. The summed E-state index contributed by atoms with van der Waals surface area (Å²) in [4.78, 5) is 0.392. The molecule has 0 radical (unpaired) electrons. The maximum absolute atomic E-state index is 14.1. The molecular weight excluding hydrogens is 662 g/mol. The normalized spacial score (nSPS) is 12.8. The van der Waals surface area contributed by atoms with Gasteiger partial charge >= 0.3 is 0 Å². The predicted molar refractivity (Wildman–Crippen MR) is 187 cm³/mol. The second-order valence-electron chi connectivity index (χ2n) is 12.9. The number of hydrogen-bond acceptors (Lipinski definition) is 3. The van der Waals surface area contributed by atoms with Crippen LogP contribution in [0.3, 0.4) is 0 Å². The van der Waals surface area contributed by atoms with E-state index in [9.17, 15) is 8.42 Å². The van der Waals surface area contributed by atoms with Crippen LogP contribution in [0.1, 0.15) is 121 Å². The molecule has 0 unspecified atom stereocenters. The minimum absolute atomic E-state index is 0. The van der Waals surface area contributed by atoms with Crippen LogP contribution in [-0.2, 0) is 29.5 Å². The summed E-state index contributed by atoms with van der Waals surface area (Å²) >= 11 is 0. The van der Waals surface area contributed by atoms with Gasteiger partial charge in [0.2, 0.25) is 10.0 Å². The first-order valence-electron chi connectivity index (χ1n) is 15.7. The number of hydrogen-bond donors (Lipinski definition) is 2. The van der Waals surface area contributed by atoms with E-state index in [0.29, 0.717) is 10.8 Å². The largest absolute Gasteiger partial charge is 0.322 e. The molecule has 244 valence electrons. The summed E-state index contributed by atoms with van der Waals surface area (Å²) in [6.07, 6.45) is 0. The zero-order chi connectivity index (χ0) is 32.8. The molecular formula is C39H52N2O2RuS. The zero-order valence-corrected chi connectivity index (χ0v) is 31.2. The average molecular weight is 714 g/mol. The van der Waals surface area contributed by atoms with Crippen molar-refractivity contribution >= 4 is 10.0 Å². The molecule has 4 rings (SSSR count). The standard InChI is InChI=1S/C29H38N2O2S.C10H14.Ru/c1-19(2)24-17-25(20(3)4)29(26(18-24)21(5)6)34(32,33)31-28(23-15-11-8-12-16-23)27(30)22-13-9-7-10-14-22;1-7-5-6-8(2)10(4)9(7)3;/h7-21,27-28,31H,30H2,1-6H3;5-6H,1-4H3;/t27-,28-;;/m1../s1. The van der Waals surface area contributed by atoms with Gasteiger partial charge in [-0.1, -0.05) is 126 Å². The number of benzene rings is 4. The Morgan fingerprint density at radius 1 is 0.578 bits per heavy atom. The molecule has 4 aromatic carbocycles. The molecule has 0 fully saturated rings. The summed E-state index contributed by atoms with van der Waals surface area (Å²) < 4.78 is 31.2. The molecule has 4 aromatic rings. The molecule has 0 aliphatic rings. The zero-order valence-electron chi connectivity index (χ0n) is 28.6. The van der Waals surface area contributed by atoms with Gasteiger partial charge in [-0.15, -0.1) is 0 Å². The summed E-state index contributed by atoms with van der Waals surface area (Å²) in [5.41, 5.74) is 16.9. The molecule has 0 aromatic heterocycles. The molecule has 0 heterocycles. The molecule has 6 heteroatoms. The summed E-state index contributed by atoms with van der Waals surface area (Å²) in [5, 5.41) is 0. The van der Waals surface area contributed by atoms with Crippen LogP contribution >= 0.6 is 0 Å². The third-order valence-electron chi connectivity index (χ3n) is 8.66. The Labute approximate surface area is 286 Å². The van der Waals surface area contributed by atoms with E-state index in [-0.39, 0.29) is 31.3 Å². The minimum Gasteiger partial charge on any atom is -0.322 e. The molecule has 2 atom stereocenters. The molecule has 3 N–H and O–H groups in total. The van der Waals surface area contributed by atoms with Crippen LogP contribution in [0.25, 0.3) is 0 Å². The van der Waals surface area contributed by atoms with E-state index in [1.165, 1.54) is 22.3 Å². The van der Waals surface area contributed by atoms with E-state index < -0.39 is 22.1 Å². The number of rotatable bonds is 9. The Morgan fingerprint density at radius 3 is 1.36 bits per heavy atom. The molecule has 0 saturated heterocycles. The van der Waals surface area contributed by atoms with E-state index in [4.69, 9.17) is 5.73 Å². The van der Waals surface area contributed by atoms with Gasteiger partial charge in [0.15, 0.2) is 0 Å². The van der Waals surface area contributed by atoms with E-state index >= 15 is 0 Å². The van der Waals surface area contributed by atoms with Gasteiger partial charge in [0.1, 0.15) is 0 Å². The molecule has 4 nitrogen and oxygen atoms in total. The third kappa shape index (κ3) is 9.69. The van der Waals surface area contributed by atoms with Gasteiger partial charge in [-0.2, -0.15) is 0 Å². The van der Waals surface area contributed by atoms with Crippen molar-refractivity contribution in [3.05, 3.63) is 135 Å². The molecule has 0 saturated carbocycles. The molecule has 0 aliphatic heterocycles. The average Bonchev–Trinajstić information content (AvgIpc) is 3.00. The number of aryl methyl sites for hydroxylation is 2. The summed E-state index contributed by atoms with van der Waals surface area (Å²) in [6, 6.07) is 26.5. The Bertz CT molecular complexity index is 1580. The molecule has 45 heavy (non-hydrogen) atoms. The van der Waals surface area contributed by atoms with E-state index in [1.807, 2.05) is 88.4 Å². The van der Waals surface area contributed by atoms with Crippen molar-refractivity contribution in [2.24, 2.45) is 5.73 Å². The Morgan fingerprint density at radius 2 is 0.978 bits per heavy atom. The summed E-state index contributed by atoms with van der Waals surface area (Å²) in [6.45, 7) is 21.1. The van der Waals surface area contributed by atoms with E-state index in [1.54, 1.807) is 0 Å². The van der Waals surface area contributed by atoms with Crippen LogP contribution in [-0.4, -0.2) is 8.42 Å². The SMILES string of the molecule is CC(C)c1cc(C(C)C)c(S(=O)(=O)N[C@H](c2ccccc2)[C@H](N)c2ccccc2)c(C(C)C)c1.Cc1ccc(C)c(C)c1C.[Ru]. The second-order valence-corrected chi connectivity index (χ2v) is 14.5. The van der Waals surface area contributed by atoms with Gasteiger partial charge in [0.05, 0.1) is 17.0 Å². The van der Waals surface area contributed by atoms with Crippen LogP contribution in [0.15, 0.2) is 89.8 Å². The monoisotopic (exact) mass is 714 g/mol. The van der Waals surface area contributed by atoms with Crippen molar-refractivity contribution < 1.29 is 27.9 Å². The smallest absolute Gasteiger partial charge is 0.241 e. The van der Waals surface area contributed by atoms with Crippen molar-refractivity contribution in [3.8, 4) is 0 Å². The number of nitrogens with one attached hydrogen (secondary N) is 1. The first-order chi connectivity index (χ1) is 20.7. The van der Waals surface area contributed by atoms with Crippen LogP contribution < -0.4 is 10.5 Å². The van der Waals surface area contributed by atoms with E-state index in [0.717, 1.165) is 27.8 Å². The van der Waals surface area contributed by atoms with Gasteiger partial charge in [0, 0.05) is 19.5 Å². The summed E-state index contributed by atoms with van der Waals surface area (Å²) in [7, 11) is -3.88. The quantitative estimate of drug-likeness (QED) is 0.170. The predicted octanol–water partition coefficient (Wildman–Crippen LogP) is 9.69. The second kappa shape index (κ2) is 16.8. The topological polar surface area (TPSA) is 72.2 Å². The first-order valence-corrected chi connectivity index (χ1v) is 17.2. The van der Waals surface area contributed by atoms with Gasteiger partial charge in [-0.25, -0.2) is 13.1 Å². The van der Waals surface area contributed by atoms with Crippen molar-refractivity contribution in [3.63, 3.8) is 0 Å². The van der Waals surface area contributed by atoms with Gasteiger partial charge in [-0.3, -0.25) is 0 Å². The first kappa shape index (κ1) is 38.6. The van der Waals surface area contributed by atoms with Crippen LogP contribution in [0.5, 0.6) is 0 Å². The van der Waals surface area contributed by atoms with Crippen LogP contribution in [0, 0.1) is 27.7 Å². The van der Waals surface area contributed by atoms with Gasteiger partial charge in [0.25, 0.3) is 0 Å². The third-order valence-corrected chi connectivity index (χ3v) is 10.2. The minimum atomic E-state index is -3.88. The van der Waals surface area contributed by atoms with Crippen molar-refractivity contribution in [2.75, 3.05) is 0 Å². The molecule has 0 amide bonds. The Kier molecular flexibility index (Phi) is 14.4. The van der Waals surface area contributed by atoms with E-state index in [2.05, 4.69) is 70.5 Å². The van der Waals surface area contributed by atoms with Crippen molar-refractivity contribution in [1.29, 1.82) is 0 Å². The van der Waals surface area contributed by atoms with Crippen LogP contribution in [0.2, 0.25) is 0 Å². The molecule has 0 spiro atoms. The number of nitrogens with two attached hydrogens (primary N) is 1. The fraction of sp³-hybridized carbons (Fsp3) is 0.385. The van der Waals surface area contributed by atoms with Gasteiger partial charge in [-0.05, 0) is 95.5 Å². The number of sulfonamides is 1. The molecule has 0 bridgehead atoms. The Balaban J connectivity index is 0.000000546.